The molecule has 1 saturated heterocycles. The Morgan fingerprint density at radius 3 is 2.72 bits per heavy atom. The lowest BCUT2D eigenvalue weighted by atomic mass is 10.1. The highest BCUT2D eigenvalue weighted by atomic mass is 16.6. The number of nitrogens with zero attached hydrogens (tertiary/aromatic N) is 4. The van der Waals surface area contributed by atoms with Crippen LogP contribution in [0.3, 0.4) is 0 Å². The first-order valence-electron chi connectivity index (χ1n) is 10.9. The predicted octanol–water partition coefficient (Wildman–Crippen LogP) is 0.988. The zero-order chi connectivity index (χ0) is 22.1. The van der Waals surface area contributed by atoms with Gasteiger partial charge in [-0.3, -0.25) is 4.57 Å². The lowest BCUT2D eigenvalue weighted by Gasteiger charge is -2.22. The fourth-order valence-corrected chi connectivity index (χ4v) is 4.50. The average Bonchev–Trinajstić information content (AvgIpc) is 3.52. The minimum absolute atomic E-state index is 0.0581. The number of rotatable bonds is 7. The summed E-state index contributed by atoms with van der Waals surface area (Å²) in [7, 11) is 0. The molecule has 1 aromatic carbocycles. The lowest BCUT2D eigenvalue weighted by Crippen LogP contribution is -2.33. The van der Waals surface area contributed by atoms with Crippen molar-refractivity contribution in [1.82, 2.24) is 19.5 Å². The normalized spacial score (nSPS) is 30.2. The van der Waals surface area contributed by atoms with Gasteiger partial charge in [-0.15, -0.1) is 0 Å². The number of benzene rings is 1. The van der Waals surface area contributed by atoms with Gasteiger partial charge in [0.1, 0.15) is 24.6 Å². The topological polar surface area (TPSA) is 135 Å². The minimum atomic E-state index is -1.21. The second-order valence-corrected chi connectivity index (χ2v) is 8.29. The van der Waals surface area contributed by atoms with Crippen LogP contribution in [0.2, 0.25) is 0 Å². The fraction of sp³-hybridized carbons (Fsp3) is 0.500. The molecule has 0 spiro atoms. The maximum Gasteiger partial charge on any atom is 0.167 e. The molecular formula is C22H27N5O5. The van der Waals surface area contributed by atoms with Gasteiger partial charge in [-0.1, -0.05) is 30.3 Å². The van der Waals surface area contributed by atoms with Gasteiger partial charge >= 0.3 is 0 Å². The Morgan fingerprint density at radius 1 is 1.09 bits per heavy atom. The quantitative estimate of drug-likeness (QED) is 0.423. The van der Waals surface area contributed by atoms with Crippen LogP contribution in [-0.2, 0) is 16.1 Å². The van der Waals surface area contributed by atoms with Gasteiger partial charge in [-0.25, -0.2) is 15.0 Å². The standard InChI is InChI=1S/C22H27N5O5/c28-9-16-18(29)19(30)22(32-16)27-12-25-17-20(23-11-24-21(17)27)26-14-7-4-8-15(14)31-10-13-5-2-1-3-6-13/h1-3,5-6,11-12,14-16,18-19,22,28-30H,4,7-10H2,(H,23,24,26)/t14?,15?,16-,18-,19-,22-/m0/s1. The molecule has 6 atom stereocenters. The van der Waals surface area contributed by atoms with Gasteiger partial charge < -0.3 is 30.1 Å². The van der Waals surface area contributed by atoms with E-state index in [1.54, 1.807) is 4.57 Å². The van der Waals surface area contributed by atoms with Gasteiger partial charge in [0, 0.05) is 0 Å². The number of aliphatic hydroxyl groups excluding tert-OH is 3. The number of ether oxygens (including phenoxy) is 2. The van der Waals surface area contributed by atoms with Crippen molar-refractivity contribution >= 4 is 17.0 Å². The molecule has 2 aliphatic rings. The summed E-state index contributed by atoms with van der Waals surface area (Å²) < 4.78 is 13.4. The van der Waals surface area contributed by atoms with Gasteiger partial charge in [-0.05, 0) is 24.8 Å². The Bertz CT molecular complexity index is 1050. The van der Waals surface area contributed by atoms with Crippen molar-refractivity contribution in [2.45, 2.75) is 62.6 Å². The summed E-state index contributed by atoms with van der Waals surface area (Å²) in [5.41, 5.74) is 2.15. The SMILES string of the molecule is OC[C@@H]1O[C@H](n2cnc3c(NC4CCCC4OCc4ccccc4)ncnc32)[C@@H](O)[C@H]1O. The molecule has 1 aliphatic heterocycles. The van der Waals surface area contributed by atoms with E-state index in [-0.39, 0.29) is 12.1 Å². The van der Waals surface area contributed by atoms with E-state index < -0.39 is 31.1 Å². The number of anilines is 1. The molecule has 32 heavy (non-hydrogen) atoms. The minimum Gasteiger partial charge on any atom is -0.394 e. The fourth-order valence-electron chi connectivity index (χ4n) is 4.50. The molecule has 0 amide bonds. The van der Waals surface area contributed by atoms with Crippen LogP contribution < -0.4 is 5.32 Å². The van der Waals surface area contributed by atoms with Crippen LogP contribution in [0.4, 0.5) is 5.82 Å². The van der Waals surface area contributed by atoms with Crippen molar-refractivity contribution in [3.8, 4) is 0 Å². The summed E-state index contributed by atoms with van der Waals surface area (Å²) in [6.07, 6.45) is 1.81. The van der Waals surface area contributed by atoms with E-state index in [1.807, 2.05) is 18.2 Å². The van der Waals surface area contributed by atoms with Crippen molar-refractivity contribution < 1.29 is 24.8 Å². The molecule has 10 heteroatoms. The maximum absolute atomic E-state index is 10.4. The summed E-state index contributed by atoms with van der Waals surface area (Å²) in [6, 6.07) is 10.2. The van der Waals surface area contributed by atoms with Gasteiger partial charge in [0.2, 0.25) is 0 Å². The third kappa shape index (κ3) is 3.96. The van der Waals surface area contributed by atoms with Crippen LogP contribution >= 0.6 is 0 Å². The Morgan fingerprint density at radius 2 is 1.94 bits per heavy atom. The summed E-state index contributed by atoms with van der Waals surface area (Å²) in [5.74, 6) is 0.584. The molecule has 10 nitrogen and oxygen atoms in total. The Hall–Kier alpha value is -2.63. The number of aromatic nitrogens is 4. The van der Waals surface area contributed by atoms with Crippen molar-refractivity contribution in [3.05, 3.63) is 48.5 Å². The average molecular weight is 441 g/mol. The molecule has 2 unspecified atom stereocenters. The third-order valence-electron chi connectivity index (χ3n) is 6.23. The molecule has 1 saturated carbocycles. The van der Waals surface area contributed by atoms with Crippen molar-refractivity contribution in [2.75, 3.05) is 11.9 Å². The van der Waals surface area contributed by atoms with Crippen molar-refractivity contribution in [3.63, 3.8) is 0 Å². The Kier molecular flexibility index (Phi) is 6.03. The number of hydrogen-bond acceptors (Lipinski definition) is 9. The second-order valence-electron chi connectivity index (χ2n) is 8.29. The summed E-state index contributed by atoms with van der Waals surface area (Å²) >= 11 is 0. The highest BCUT2D eigenvalue weighted by Gasteiger charge is 2.44. The van der Waals surface area contributed by atoms with Crippen LogP contribution in [0.25, 0.3) is 11.2 Å². The van der Waals surface area contributed by atoms with Crippen LogP contribution in [0.15, 0.2) is 43.0 Å². The highest BCUT2D eigenvalue weighted by molar-refractivity contribution is 5.82. The number of imidazole rings is 1. The van der Waals surface area contributed by atoms with Crippen molar-refractivity contribution in [1.29, 1.82) is 0 Å². The van der Waals surface area contributed by atoms with E-state index in [2.05, 4.69) is 32.4 Å². The molecule has 2 fully saturated rings. The monoisotopic (exact) mass is 441 g/mol. The molecule has 2 aromatic heterocycles. The molecular weight excluding hydrogens is 414 g/mol. The van der Waals surface area contributed by atoms with E-state index >= 15 is 0 Å². The Labute approximate surface area is 184 Å². The molecule has 170 valence electrons. The first-order valence-corrected chi connectivity index (χ1v) is 10.9. The Balaban J connectivity index is 1.33. The molecule has 0 radical (unpaired) electrons. The highest BCUT2D eigenvalue weighted by Crippen LogP contribution is 2.33. The molecule has 1 aliphatic carbocycles. The molecule has 3 heterocycles. The number of nitrogens with one attached hydrogen (secondary N) is 1. The van der Waals surface area contributed by atoms with Gasteiger partial charge in [0.05, 0.1) is 31.7 Å². The summed E-state index contributed by atoms with van der Waals surface area (Å²) in [4.78, 5) is 13.1. The van der Waals surface area contributed by atoms with E-state index in [9.17, 15) is 15.3 Å². The van der Waals surface area contributed by atoms with Crippen LogP contribution in [0.1, 0.15) is 31.1 Å². The van der Waals surface area contributed by atoms with Crippen molar-refractivity contribution in [2.24, 2.45) is 0 Å². The molecule has 5 rings (SSSR count). The largest absolute Gasteiger partial charge is 0.394 e. The lowest BCUT2D eigenvalue weighted by molar-refractivity contribution is -0.0511. The van der Waals surface area contributed by atoms with Gasteiger partial charge in [-0.2, -0.15) is 0 Å². The summed E-state index contributed by atoms with van der Waals surface area (Å²) in [5, 5.41) is 33.3. The first kappa shape index (κ1) is 21.2. The molecule has 4 N–H and O–H groups in total. The van der Waals surface area contributed by atoms with Gasteiger partial charge in [0.15, 0.2) is 23.2 Å². The van der Waals surface area contributed by atoms with Crippen LogP contribution in [-0.4, -0.2) is 71.9 Å². The maximum atomic E-state index is 10.4. The smallest absolute Gasteiger partial charge is 0.167 e. The predicted molar refractivity (Wildman–Crippen MR) is 115 cm³/mol. The van der Waals surface area contributed by atoms with E-state index in [0.717, 1.165) is 24.8 Å². The van der Waals surface area contributed by atoms with Gasteiger partial charge in [0.25, 0.3) is 0 Å². The number of fused-ring (bicyclic) bond motifs is 1. The molecule has 0 bridgehead atoms. The van der Waals surface area contributed by atoms with Crippen LogP contribution in [0, 0.1) is 0 Å². The zero-order valence-corrected chi connectivity index (χ0v) is 17.5. The second kappa shape index (κ2) is 9.08. The zero-order valence-electron chi connectivity index (χ0n) is 17.5. The number of hydrogen-bond donors (Lipinski definition) is 4. The van der Waals surface area contributed by atoms with E-state index in [4.69, 9.17) is 9.47 Å². The third-order valence-corrected chi connectivity index (χ3v) is 6.23. The molecule has 3 aromatic rings. The van der Waals surface area contributed by atoms with E-state index in [1.165, 1.54) is 12.7 Å². The summed E-state index contributed by atoms with van der Waals surface area (Å²) in [6.45, 7) is 0.165. The first-order chi connectivity index (χ1) is 15.7. The van der Waals surface area contributed by atoms with E-state index in [0.29, 0.717) is 23.6 Å². The van der Waals surface area contributed by atoms with Crippen LogP contribution in [0.5, 0.6) is 0 Å². The number of aliphatic hydroxyl groups is 3.